The molecule has 1 aromatic heterocycles. The van der Waals surface area contributed by atoms with Gasteiger partial charge in [-0.25, -0.2) is 4.68 Å². The highest BCUT2D eigenvalue weighted by Crippen LogP contribution is 2.31. The van der Waals surface area contributed by atoms with Crippen LogP contribution >= 0.6 is 0 Å². The largest absolute Gasteiger partial charge is 0.497 e. The molecule has 0 aliphatic rings. The van der Waals surface area contributed by atoms with Crippen molar-refractivity contribution in [2.24, 2.45) is 0 Å². The minimum absolute atomic E-state index is 0.114. The molecule has 3 aromatic rings. The van der Waals surface area contributed by atoms with Gasteiger partial charge in [0.2, 0.25) is 11.8 Å². The molecular weight excluding hydrogens is 478 g/mol. The van der Waals surface area contributed by atoms with Crippen LogP contribution < -0.4 is 31.0 Å². The van der Waals surface area contributed by atoms with Gasteiger partial charge in [0.25, 0.3) is 11.5 Å². The molecule has 0 spiro atoms. The molecule has 2 aromatic carbocycles. The van der Waals surface area contributed by atoms with Gasteiger partial charge < -0.3 is 25.4 Å². The first kappa shape index (κ1) is 26.9. The molecule has 3 rings (SSSR count). The van der Waals surface area contributed by atoms with Crippen LogP contribution in [0.25, 0.3) is 11.3 Å². The van der Waals surface area contributed by atoms with Crippen LogP contribution in [0.3, 0.4) is 0 Å². The lowest BCUT2D eigenvalue weighted by Gasteiger charge is -2.12. The number of carbonyl (C=O) groups is 3. The Morgan fingerprint density at radius 2 is 1.62 bits per heavy atom. The van der Waals surface area contributed by atoms with Gasteiger partial charge in [0.05, 0.1) is 19.9 Å². The highest BCUT2D eigenvalue weighted by molar-refractivity contribution is 5.95. The summed E-state index contributed by atoms with van der Waals surface area (Å²) in [5, 5.41) is 12.4. The fourth-order valence-electron chi connectivity index (χ4n) is 3.35. The van der Waals surface area contributed by atoms with Crippen LogP contribution in [0.4, 0.5) is 5.69 Å². The quantitative estimate of drug-likeness (QED) is 0.336. The molecule has 0 atom stereocenters. The van der Waals surface area contributed by atoms with Gasteiger partial charge >= 0.3 is 0 Å². The van der Waals surface area contributed by atoms with Gasteiger partial charge in [-0.1, -0.05) is 6.92 Å². The molecule has 0 radical (unpaired) electrons. The molecule has 11 heteroatoms. The van der Waals surface area contributed by atoms with Crippen LogP contribution in [0.2, 0.25) is 0 Å². The highest BCUT2D eigenvalue weighted by atomic mass is 16.5. The number of aromatic nitrogens is 2. The van der Waals surface area contributed by atoms with Crippen molar-refractivity contribution in [2.45, 2.75) is 19.9 Å². The third kappa shape index (κ3) is 7.40. The zero-order valence-corrected chi connectivity index (χ0v) is 20.9. The summed E-state index contributed by atoms with van der Waals surface area (Å²) in [5.74, 6) is 0.264. The maximum absolute atomic E-state index is 12.4. The predicted molar refractivity (Wildman–Crippen MR) is 138 cm³/mol. The summed E-state index contributed by atoms with van der Waals surface area (Å²) < 4.78 is 11.7. The molecule has 1 heterocycles. The smallest absolute Gasteiger partial charge is 0.267 e. The van der Waals surface area contributed by atoms with Gasteiger partial charge in [0, 0.05) is 42.4 Å². The number of amides is 3. The SMILES string of the molecule is CCC(=O)Nc1ccc(C(=O)NCCNC(=O)Cn2nc(-c3cc(OC)ccc3OC)ccc2=O)cc1. The van der Waals surface area contributed by atoms with E-state index in [0.717, 1.165) is 4.68 Å². The van der Waals surface area contributed by atoms with E-state index in [4.69, 9.17) is 9.47 Å². The maximum atomic E-state index is 12.4. The Labute approximate surface area is 213 Å². The molecule has 0 unspecified atom stereocenters. The molecule has 0 aliphatic heterocycles. The van der Waals surface area contributed by atoms with Crippen molar-refractivity contribution in [2.75, 3.05) is 32.6 Å². The van der Waals surface area contributed by atoms with Crippen molar-refractivity contribution in [3.63, 3.8) is 0 Å². The predicted octanol–water partition coefficient (Wildman–Crippen LogP) is 1.82. The number of rotatable bonds is 11. The summed E-state index contributed by atoms with van der Waals surface area (Å²) in [6.45, 7) is 1.80. The third-order valence-electron chi connectivity index (χ3n) is 5.33. The van der Waals surface area contributed by atoms with Crippen LogP contribution in [0.1, 0.15) is 23.7 Å². The van der Waals surface area contributed by atoms with E-state index in [2.05, 4.69) is 21.0 Å². The number of methoxy groups -OCH3 is 2. The van der Waals surface area contributed by atoms with E-state index in [1.165, 1.54) is 20.3 Å². The van der Waals surface area contributed by atoms with Crippen molar-refractivity contribution in [1.82, 2.24) is 20.4 Å². The number of benzene rings is 2. The molecule has 0 fully saturated rings. The first-order valence-corrected chi connectivity index (χ1v) is 11.6. The molecule has 3 N–H and O–H groups in total. The minimum atomic E-state index is -0.437. The monoisotopic (exact) mass is 507 g/mol. The Kier molecular flexibility index (Phi) is 9.36. The number of anilines is 1. The lowest BCUT2D eigenvalue weighted by Crippen LogP contribution is -2.38. The van der Waals surface area contributed by atoms with Gasteiger partial charge in [-0.15, -0.1) is 0 Å². The maximum Gasteiger partial charge on any atom is 0.267 e. The van der Waals surface area contributed by atoms with Crippen molar-refractivity contribution < 1.29 is 23.9 Å². The number of nitrogens with one attached hydrogen (secondary N) is 3. The molecule has 0 saturated carbocycles. The Hall–Kier alpha value is -4.67. The van der Waals surface area contributed by atoms with E-state index >= 15 is 0 Å². The van der Waals surface area contributed by atoms with Crippen LogP contribution in [0, 0.1) is 0 Å². The van der Waals surface area contributed by atoms with Gasteiger partial charge in [0.15, 0.2) is 0 Å². The number of hydrogen-bond acceptors (Lipinski definition) is 7. The average Bonchev–Trinajstić information content (AvgIpc) is 2.92. The van der Waals surface area contributed by atoms with Gasteiger partial charge in [-0.3, -0.25) is 19.2 Å². The van der Waals surface area contributed by atoms with Crippen molar-refractivity contribution in [1.29, 1.82) is 0 Å². The normalized spacial score (nSPS) is 10.4. The standard InChI is InChI=1S/C26H29N5O6/c1-4-23(32)29-18-7-5-17(6-8-18)26(35)28-14-13-27-24(33)16-31-25(34)12-10-21(30-31)20-15-19(36-2)9-11-22(20)37-3/h5-12,15H,4,13-14,16H2,1-3H3,(H,27,33)(H,28,35)(H,29,32). The topological polar surface area (TPSA) is 141 Å². The van der Waals surface area contributed by atoms with E-state index in [0.29, 0.717) is 40.4 Å². The van der Waals surface area contributed by atoms with Gasteiger partial charge in [-0.2, -0.15) is 5.10 Å². The number of carbonyl (C=O) groups excluding carboxylic acids is 3. The molecule has 3 amide bonds. The van der Waals surface area contributed by atoms with E-state index in [1.807, 2.05) is 0 Å². The second kappa shape index (κ2) is 12.9. The minimum Gasteiger partial charge on any atom is -0.497 e. The van der Waals surface area contributed by atoms with E-state index in [1.54, 1.807) is 55.5 Å². The van der Waals surface area contributed by atoms with Crippen LogP contribution in [-0.2, 0) is 16.1 Å². The molecule has 194 valence electrons. The zero-order chi connectivity index (χ0) is 26.8. The second-order valence-corrected chi connectivity index (χ2v) is 7.87. The molecular formula is C26H29N5O6. The summed E-state index contributed by atoms with van der Waals surface area (Å²) in [4.78, 5) is 48.4. The first-order valence-electron chi connectivity index (χ1n) is 11.6. The number of ether oxygens (including phenoxy) is 2. The fourth-order valence-corrected chi connectivity index (χ4v) is 3.35. The Bertz CT molecular complexity index is 1320. The summed E-state index contributed by atoms with van der Waals surface area (Å²) >= 11 is 0. The van der Waals surface area contributed by atoms with Gasteiger partial charge in [-0.05, 0) is 48.5 Å². The van der Waals surface area contributed by atoms with E-state index < -0.39 is 11.5 Å². The zero-order valence-electron chi connectivity index (χ0n) is 20.9. The van der Waals surface area contributed by atoms with Crippen molar-refractivity contribution in [3.05, 3.63) is 70.5 Å². The second-order valence-electron chi connectivity index (χ2n) is 7.87. The Balaban J connectivity index is 1.53. The lowest BCUT2D eigenvalue weighted by molar-refractivity contribution is -0.122. The van der Waals surface area contributed by atoms with E-state index in [9.17, 15) is 19.2 Å². The molecule has 0 bridgehead atoms. The Morgan fingerprint density at radius 3 is 2.30 bits per heavy atom. The summed E-state index contributed by atoms with van der Waals surface area (Å²) in [5.41, 5.74) is 1.64. The van der Waals surface area contributed by atoms with E-state index in [-0.39, 0.29) is 31.4 Å². The molecule has 37 heavy (non-hydrogen) atoms. The van der Waals surface area contributed by atoms with Crippen molar-refractivity contribution >= 4 is 23.4 Å². The molecule has 0 saturated heterocycles. The van der Waals surface area contributed by atoms with Crippen LogP contribution in [0.5, 0.6) is 11.5 Å². The molecule has 11 nitrogen and oxygen atoms in total. The van der Waals surface area contributed by atoms with Crippen LogP contribution in [0.15, 0.2) is 59.4 Å². The number of nitrogens with zero attached hydrogens (tertiary/aromatic N) is 2. The highest BCUT2D eigenvalue weighted by Gasteiger charge is 2.13. The lowest BCUT2D eigenvalue weighted by atomic mass is 10.1. The Morgan fingerprint density at radius 1 is 0.892 bits per heavy atom. The molecule has 0 aliphatic carbocycles. The summed E-state index contributed by atoms with van der Waals surface area (Å²) in [6, 6.07) is 14.6. The third-order valence-corrected chi connectivity index (χ3v) is 5.33. The first-order chi connectivity index (χ1) is 17.8. The average molecular weight is 508 g/mol. The summed E-state index contributed by atoms with van der Waals surface area (Å²) in [6.07, 6.45) is 0.362. The number of hydrogen-bond donors (Lipinski definition) is 3. The van der Waals surface area contributed by atoms with Crippen molar-refractivity contribution in [3.8, 4) is 22.8 Å². The van der Waals surface area contributed by atoms with Gasteiger partial charge in [0.1, 0.15) is 18.0 Å². The fraction of sp³-hybridized carbons (Fsp3) is 0.269. The summed E-state index contributed by atoms with van der Waals surface area (Å²) in [7, 11) is 3.06. The van der Waals surface area contributed by atoms with Crippen LogP contribution in [-0.4, -0.2) is 54.8 Å².